The maximum atomic E-state index is 4.30. The lowest BCUT2D eigenvalue weighted by atomic mass is 9.99. The third-order valence-corrected chi connectivity index (χ3v) is 4.51. The number of nitrogens with zero attached hydrogens (tertiary/aromatic N) is 3. The van der Waals surface area contributed by atoms with Gasteiger partial charge in [0.2, 0.25) is 0 Å². The van der Waals surface area contributed by atoms with Gasteiger partial charge in [-0.2, -0.15) is 0 Å². The average molecular weight is 453 g/mol. The molecule has 2 N–H and O–H groups in total. The molecule has 3 rings (SSSR count). The zero-order valence-corrected chi connectivity index (χ0v) is 17.4. The lowest BCUT2D eigenvalue weighted by Gasteiger charge is -2.28. The number of rotatable bonds is 5. The monoisotopic (exact) mass is 453 g/mol. The van der Waals surface area contributed by atoms with Crippen molar-refractivity contribution in [2.24, 2.45) is 4.99 Å². The van der Waals surface area contributed by atoms with Crippen LogP contribution in [0.2, 0.25) is 0 Å². The average Bonchev–Trinajstić information content (AvgIpc) is 3.11. The zero-order chi connectivity index (χ0) is 16.8. The van der Waals surface area contributed by atoms with Crippen LogP contribution in [0.5, 0.6) is 0 Å². The smallest absolute Gasteiger partial charge is 0.191 e. The van der Waals surface area contributed by atoms with Crippen LogP contribution in [0, 0.1) is 0 Å². The topological polar surface area (TPSA) is 44.6 Å². The molecule has 1 aromatic heterocycles. The second-order valence-electron chi connectivity index (χ2n) is 6.26. The molecule has 1 aliphatic heterocycles. The minimum Gasteiger partial charge on any atom is -0.374 e. The van der Waals surface area contributed by atoms with E-state index in [1.165, 1.54) is 29.7 Å². The second-order valence-corrected chi connectivity index (χ2v) is 6.26. The fraction of sp³-hybridized carbons (Fsp3) is 0.421. The number of hydrogen-bond acceptors (Lipinski definition) is 2. The first-order valence-electron chi connectivity index (χ1n) is 8.64. The first kappa shape index (κ1) is 19.6. The molecule has 1 aliphatic rings. The summed E-state index contributed by atoms with van der Waals surface area (Å²) in [6.45, 7) is 3.73. The Morgan fingerprint density at radius 2 is 2.00 bits per heavy atom. The highest BCUT2D eigenvalue weighted by atomic mass is 127. The quantitative estimate of drug-likeness (QED) is 0.416. The van der Waals surface area contributed by atoms with Crippen molar-refractivity contribution >= 4 is 35.6 Å². The molecule has 2 heterocycles. The lowest BCUT2D eigenvalue weighted by molar-refractivity contribution is 0.665. The van der Waals surface area contributed by atoms with Gasteiger partial charge in [0.1, 0.15) is 0 Å². The summed E-state index contributed by atoms with van der Waals surface area (Å²) in [5.41, 5.74) is 4.13. The summed E-state index contributed by atoms with van der Waals surface area (Å²) < 4.78 is 2.15. The Morgan fingerprint density at radius 1 is 1.20 bits per heavy atom. The van der Waals surface area contributed by atoms with E-state index in [0.29, 0.717) is 0 Å². The van der Waals surface area contributed by atoms with Crippen LogP contribution in [-0.2, 0) is 19.5 Å². The van der Waals surface area contributed by atoms with E-state index in [9.17, 15) is 0 Å². The van der Waals surface area contributed by atoms with Crippen LogP contribution in [0.3, 0.4) is 0 Å². The van der Waals surface area contributed by atoms with Gasteiger partial charge >= 0.3 is 0 Å². The Morgan fingerprint density at radius 3 is 2.76 bits per heavy atom. The van der Waals surface area contributed by atoms with Gasteiger partial charge in [0.15, 0.2) is 5.96 Å². The summed E-state index contributed by atoms with van der Waals surface area (Å²) in [7, 11) is 3.99. The number of benzene rings is 1. The van der Waals surface area contributed by atoms with Crippen LogP contribution in [0.4, 0.5) is 5.69 Å². The number of aryl methyl sites for hydroxylation is 1. The Kier molecular flexibility index (Phi) is 7.61. The van der Waals surface area contributed by atoms with Gasteiger partial charge in [0.05, 0.1) is 0 Å². The summed E-state index contributed by atoms with van der Waals surface area (Å²) in [4.78, 5) is 6.64. The fourth-order valence-electron chi connectivity index (χ4n) is 3.18. The molecule has 5 nitrogen and oxygen atoms in total. The number of hydrogen-bond donors (Lipinski definition) is 2. The Labute approximate surface area is 167 Å². The molecule has 0 amide bonds. The summed E-state index contributed by atoms with van der Waals surface area (Å²) in [6, 6.07) is 10.9. The summed E-state index contributed by atoms with van der Waals surface area (Å²) >= 11 is 0. The molecular weight excluding hydrogens is 425 g/mol. The van der Waals surface area contributed by atoms with Crippen molar-refractivity contribution in [3.05, 3.63) is 53.9 Å². The highest BCUT2D eigenvalue weighted by Gasteiger charge is 2.13. The van der Waals surface area contributed by atoms with Crippen LogP contribution in [0.25, 0.3) is 0 Å². The summed E-state index contributed by atoms with van der Waals surface area (Å²) in [5.74, 6) is 0.844. The first-order chi connectivity index (χ1) is 11.8. The normalized spacial score (nSPS) is 13.8. The van der Waals surface area contributed by atoms with Crippen LogP contribution in [0.15, 0.2) is 47.7 Å². The summed E-state index contributed by atoms with van der Waals surface area (Å²) in [6.07, 6.45) is 6.56. The van der Waals surface area contributed by atoms with Gasteiger partial charge in [-0.3, -0.25) is 4.99 Å². The standard InChI is InChI=1S/C19H27N5.HI/c1-20-19(21-9-13-24-11-3-4-12-24)22-15-16-7-8-18-17(14-16)6-5-10-23(18)2;/h3-4,7-8,11-12,14H,5-6,9-10,13,15H2,1-2H3,(H2,20,21,22);1H. The largest absolute Gasteiger partial charge is 0.374 e. The van der Waals surface area contributed by atoms with Gasteiger partial charge < -0.3 is 20.1 Å². The number of aromatic nitrogens is 1. The molecule has 0 saturated carbocycles. The van der Waals surface area contributed by atoms with E-state index in [1.807, 2.05) is 19.2 Å². The van der Waals surface area contributed by atoms with Crippen molar-refractivity contribution < 1.29 is 0 Å². The highest BCUT2D eigenvalue weighted by molar-refractivity contribution is 14.0. The number of guanidine groups is 1. The van der Waals surface area contributed by atoms with E-state index >= 15 is 0 Å². The molecule has 0 atom stereocenters. The van der Waals surface area contributed by atoms with Crippen LogP contribution >= 0.6 is 24.0 Å². The van der Waals surface area contributed by atoms with E-state index in [-0.39, 0.29) is 24.0 Å². The molecule has 136 valence electrons. The molecule has 0 saturated heterocycles. The third-order valence-electron chi connectivity index (χ3n) is 4.51. The van der Waals surface area contributed by atoms with Gasteiger partial charge in [0, 0.05) is 58.4 Å². The molecule has 0 aliphatic carbocycles. The molecule has 0 radical (unpaired) electrons. The van der Waals surface area contributed by atoms with Gasteiger partial charge in [-0.15, -0.1) is 24.0 Å². The Bertz CT molecular complexity index is 681. The van der Waals surface area contributed by atoms with Crippen LogP contribution in [-0.4, -0.2) is 37.7 Å². The highest BCUT2D eigenvalue weighted by Crippen LogP contribution is 2.26. The van der Waals surface area contributed by atoms with Crippen molar-refractivity contribution in [1.82, 2.24) is 15.2 Å². The molecular formula is C19H28IN5. The van der Waals surface area contributed by atoms with Crippen molar-refractivity contribution in [3.63, 3.8) is 0 Å². The van der Waals surface area contributed by atoms with Crippen molar-refractivity contribution in [3.8, 4) is 0 Å². The van der Waals surface area contributed by atoms with Gasteiger partial charge in [0.25, 0.3) is 0 Å². The van der Waals surface area contributed by atoms with Crippen LogP contribution < -0.4 is 15.5 Å². The van der Waals surface area contributed by atoms with Crippen molar-refractivity contribution in [1.29, 1.82) is 0 Å². The van der Waals surface area contributed by atoms with Crippen LogP contribution in [0.1, 0.15) is 17.5 Å². The second kappa shape index (κ2) is 9.70. The zero-order valence-electron chi connectivity index (χ0n) is 15.0. The van der Waals surface area contributed by atoms with E-state index < -0.39 is 0 Å². The first-order valence-corrected chi connectivity index (χ1v) is 8.64. The maximum Gasteiger partial charge on any atom is 0.191 e. The van der Waals surface area contributed by atoms with E-state index in [0.717, 1.165) is 32.1 Å². The van der Waals surface area contributed by atoms with E-state index in [1.54, 1.807) is 0 Å². The Balaban J connectivity index is 0.00000225. The fourth-order valence-corrected chi connectivity index (χ4v) is 3.18. The predicted molar refractivity (Wildman–Crippen MR) is 116 cm³/mol. The number of fused-ring (bicyclic) bond motifs is 1. The maximum absolute atomic E-state index is 4.30. The van der Waals surface area contributed by atoms with Gasteiger partial charge in [-0.1, -0.05) is 12.1 Å². The molecule has 1 aromatic carbocycles. The van der Waals surface area contributed by atoms with Gasteiger partial charge in [-0.25, -0.2) is 0 Å². The third kappa shape index (κ3) is 5.39. The molecule has 25 heavy (non-hydrogen) atoms. The van der Waals surface area contributed by atoms with Crippen molar-refractivity contribution in [2.75, 3.05) is 32.1 Å². The van der Waals surface area contributed by atoms with E-state index in [2.05, 4.69) is 62.7 Å². The minimum absolute atomic E-state index is 0. The van der Waals surface area contributed by atoms with Gasteiger partial charge in [-0.05, 0) is 42.2 Å². The number of aliphatic imine (C=N–C) groups is 1. The molecule has 0 unspecified atom stereocenters. The van der Waals surface area contributed by atoms with Crippen molar-refractivity contribution in [2.45, 2.75) is 25.9 Å². The number of anilines is 1. The molecule has 0 spiro atoms. The predicted octanol–water partition coefficient (Wildman–Crippen LogP) is 2.85. The molecule has 0 fully saturated rings. The molecule has 2 aromatic rings. The molecule has 0 bridgehead atoms. The SMILES string of the molecule is CN=C(NCCn1cccc1)NCc1ccc2c(c1)CCCN2C.I. The van der Waals surface area contributed by atoms with E-state index in [4.69, 9.17) is 0 Å². The summed E-state index contributed by atoms with van der Waals surface area (Å²) in [5, 5.41) is 6.76. The number of halogens is 1. The minimum atomic E-state index is 0. The lowest BCUT2D eigenvalue weighted by Crippen LogP contribution is -2.38. The number of nitrogens with one attached hydrogen (secondary N) is 2. The Hall–Kier alpha value is -1.70. The molecule has 6 heteroatoms.